The SMILES string of the molecule is Cc1cnc(OCCO)c(S(=O)(=O)N2C[C@@H]3CNCCN3c3ccc(C4=CC(C)(C)OC(C)(C)C4)cc32)c1. The molecule has 0 amide bonds. The predicted octanol–water partition coefficient (Wildman–Crippen LogP) is 3.11. The number of fused-ring (bicyclic) bond motifs is 3. The maximum atomic E-state index is 14.3. The lowest BCUT2D eigenvalue weighted by Crippen LogP contribution is -2.59. The average molecular weight is 543 g/mol. The minimum atomic E-state index is -4.04. The number of sulfonamides is 1. The Morgan fingerprint density at radius 3 is 2.74 bits per heavy atom. The Balaban J connectivity index is 1.64. The lowest BCUT2D eigenvalue weighted by Gasteiger charge is -2.46. The van der Waals surface area contributed by atoms with Gasteiger partial charge in [0.15, 0.2) is 0 Å². The third-order valence-corrected chi connectivity index (χ3v) is 8.96. The molecule has 0 radical (unpaired) electrons. The van der Waals surface area contributed by atoms with Crippen molar-refractivity contribution in [3.05, 3.63) is 47.7 Å². The van der Waals surface area contributed by atoms with Gasteiger partial charge in [-0.05, 0) is 75.6 Å². The lowest BCUT2D eigenvalue weighted by molar-refractivity contribution is -0.100. The van der Waals surface area contributed by atoms with E-state index < -0.39 is 15.6 Å². The van der Waals surface area contributed by atoms with Crippen LogP contribution in [0.2, 0.25) is 0 Å². The van der Waals surface area contributed by atoms with Crippen molar-refractivity contribution in [3.8, 4) is 5.88 Å². The Morgan fingerprint density at radius 1 is 1.21 bits per heavy atom. The first-order valence-corrected chi connectivity index (χ1v) is 14.6. The van der Waals surface area contributed by atoms with E-state index in [1.54, 1.807) is 19.2 Å². The van der Waals surface area contributed by atoms with E-state index in [1.165, 1.54) is 4.31 Å². The van der Waals surface area contributed by atoms with E-state index in [2.05, 4.69) is 47.3 Å². The van der Waals surface area contributed by atoms with Crippen molar-refractivity contribution in [2.75, 3.05) is 48.6 Å². The fraction of sp³-hybridized carbons (Fsp3) is 0.536. The summed E-state index contributed by atoms with van der Waals surface area (Å²) in [7, 11) is -4.04. The molecule has 0 spiro atoms. The number of anilines is 2. The van der Waals surface area contributed by atoms with Gasteiger partial charge in [-0.2, -0.15) is 0 Å². The Morgan fingerprint density at radius 2 is 2.00 bits per heavy atom. The van der Waals surface area contributed by atoms with Crippen LogP contribution in [0.1, 0.15) is 45.2 Å². The molecule has 0 saturated carbocycles. The molecule has 5 rings (SSSR count). The van der Waals surface area contributed by atoms with Gasteiger partial charge in [-0.1, -0.05) is 6.07 Å². The molecule has 1 aromatic heterocycles. The summed E-state index contributed by atoms with van der Waals surface area (Å²) in [6.07, 6.45) is 4.43. The standard InChI is InChI=1S/C28H38N4O5S/c1-19-12-25(26(30-16-19)36-11-10-33)38(34,35)32-18-22-17-29-8-9-31(22)23-7-6-20(13-24(23)32)21-14-27(2,3)37-28(4,5)15-21/h6-7,12-14,16,22,29,33H,8-11,15,17-18H2,1-5H3/t22-/m0/s1. The average Bonchev–Trinajstić information content (AvgIpc) is 2.85. The molecule has 0 aliphatic carbocycles. The summed E-state index contributed by atoms with van der Waals surface area (Å²) in [5, 5.41) is 12.7. The number of aliphatic hydroxyl groups is 1. The first-order valence-electron chi connectivity index (χ1n) is 13.2. The highest BCUT2D eigenvalue weighted by atomic mass is 32.2. The molecular formula is C28H38N4O5S. The zero-order valence-electron chi connectivity index (χ0n) is 22.8. The number of hydrogen-bond acceptors (Lipinski definition) is 8. The number of nitrogens with zero attached hydrogens (tertiary/aromatic N) is 3. The molecule has 3 aliphatic heterocycles. The number of pyridine rings is 1. The summed E-state index contributed by atoms with van der Waals surface area (Å²) in [6.45, 7) is 12.4. The highest BCUT2D eigenvalue weighted by molar-refractivity contribution is 7.93. The van der Waals surface area contributed by atoms with Gasteiger partial charge in [-0.25, -0.2) is 13.4 Å². The summed E-state index contributed by atoms with van der Waals surface area (Å²) >= 11 is 0. The minimum absolute atomic E-state index is 0.00203. The normalized spacial score (nSPS) is 22.4. The number of rotatable bonds is 6. The van der Waals surface area contributed by atoms with Crippen molar-refractivity contribution < 1.29 is 23.0 Å². The zero-order chi connectivity index (χ0) is 27.3. The fourth-order valence-corrected chi connectivity index (χ4v) is 7.58. The van der Waals surface area contributed by atoms with Gasteiger partial charge < -0.3 is 24.8 Å². The molecule has 4 heterocycles. The van der Waals surface area contributed by atoms with E-state index in [-0.39, 0.29) is 35.6 Å². The zero-order valence-corrected chi connectivity index (χ0v) is 23.6. The fourth-order valence-electron chi connectivity index (χ4n) is 5.90. The van der Waals surface area contributed by atoms with Crippen molar-refractivity contribution in [1.29, 1.82) is 0 Å². The molecule has 1 saturated heterocycles. The van der Waals surface area contributed by atoms with Gasteiger partial charge >= 0.3 is 0 Å². The highest BCUT2D eigenvalue weighted by Crippen LogP contribution is 2.44. The van der Waals surface area contributed by atoms with Crippen molar-refractivity contribution in [3.63, 3.8) is 0 Å². The van der Waals surface area contributed by atoms with Crippen molar-refractivity contribution in [2.45, 2.75) is 63.2 Å². The first kappa shape index (κ1) is 26.9. The molecule has 3 aliphatic rings. The summed E-state index contributed by atoms with van der Waals surface area (Å²) in [5.41, 5.74) is 3.61. The second-order valence-corrected chi connectivity index (χ2v) is 13.3. The van der Waals surface area contributed by atoms with Gasteiger partial charge in [0, 0.05) is 32.3 Å². The monoisotopic (exact) mass is 542 g/mol. The van der Waals surface area contributed by atoms with Gasteiger partial charge in [0.2, 0.25) is 5.88 Å². The van der Waals surface area contributed by atoms with Gasteiger partial charge in [0.05, 0.1) is 41.8 Å². The van der Waals surface area contributed by atoms with E-state index in [1.807, 2.05) is 19.9 Å². The molecule has 38 heavy (non-hydrogen) atoms. The second kappa shape index (κ2) is 9.82. The quantitative estimate of drug-likeness (QED) is 0.574. The van der Waals surface area contributed by atoms with E-state index in [9.17, 15) is 13.5 Å². The molecule has 9 nitrogen and oxygen atoms in total. The van der Waals surface area contributed by atoms with Crippen LogP contribution in [0, 0.1) is 6.92 Å². The van der Waals surface area contributed by atoms with Crippen molar-refractivity contribution >= 4 is 27.0 Å². The third-order valence-electron chi connectivity index (χ3n) is 7.18. The summed E-state index contributed by atoms with van der Waals surface area (Å²) < 4.78 is 42.0. The first-order chi connectivity index (χ1) is 17.9. The van der Waals surface area contributed by atoms with Crippen molar-refractivity contribution in [2.24, 2.45) is 0 Å². The molecule has 0 bridgehead atoms. The van der Waals surface area contributed by atoms with E-state index in [0.29, 0.717) is 24.3 Å². The van der Waals surface area contributed by atoms with Gasteiger partial charge in [0.25, 0.3) is 10.0 Å². The predicted molar refractivity (Wildman–Crippen MR) is 148 cm³/mol. The summed E-state index contributed by atoms with van der Waals surface area (Å²) in [6, 6.07) is 7.75. The third kappa shape index (κ3) is 5.14. The lowest BCUT2D eigenvalue weighted by atomic mass is 9.85. The molecule has 2 aromatic rings. The molecular weight excluding hydrogens is 504 g/mol. The number of benzene rings is 1. The second-order valence-electron chi connectivity index (χ2n) is 11.5. The van der Waals surface area contributed by atoms with E-state index in [4.69, 9.17) is 9.47 Å². The number of nitrogens with one attached hydrogen (secondary N) is 1. The van der Waals surface area contributed by atoms with Crippen LogP contribution in [-0.4, -0.2) is 75.1 Å². The number of hydrogen-bond donors (Lipinski definition) is 2. The van der Waals surface area contributed by atoms with Crippen LogP contribution in [0.4, 0.5) is 11.4 Å². The van der Waals surface area contributed by atoms with Crippen molar-refractivity contribution in [1.82, 2.24) is 10.3 Å². The molecule has 10 heteroatoms. The Bertz CT molecular complexity index is 1360. The topological polar surface area (TPSA) is 104 Å². The summed E-state index contributed by atoms with van der Waals surface area (Å²) in [5.74, 6) is 0.00203. The van der Waals surface area contributed by atoms with Crippen LogP contribution < -0.4 is 19.3 Å². The van der Waals surface area contributed by atoms with Crippen LogP contribution in [-0.2, 0) is 14.8 Å². The number of piperazine rings is 1. The number of aliphatic hydroxyl groups excluding tert-OH is 1. The molecule has 1 atom stereocenters. The Labute approximate surface area is 225 Å². The van der Waals surface area contributed by atoms with Crippen LogP contribution in [0.25, 0.3) is 5.57 Å². The summed E-state index contributed by atoms with van der Waals surface area (Å²) in [4.78, 5) is 6.57. The Hall–Kier alpha value is -2.66. The smallest absolute Gasteiger partial charge is 0.269 e. The van der Waals surface area contributed by atoms with Gasteiger partial charge in [0.1, 0.15) is 11.5 Å². The van der Waals surface area contributed by atoms with Crippen LogP contribution in [0.5, 0.6) is 5.88 Å². The molecule has 0 unspecified atom stereocenters. The maximum absolute atomic E-state index is 14.3. The van der Waals surface area contributed by atoms with Gasteiger partial charge in [-0.15, -0.1) is 0 Å². The minimum Gasteiger partial charge on any atom is -0.474 e. The van der Waals surface area contributed by atoms with Crippen LogP contribution >= 0.6 is 0 Å². The number of aryl methyl sites for hydroxylation is 1. The van der Waals surface area contributed by atoms with E-state index in [0.717, 1.165) is 36.3 Å². The Kier molecular flexibility index (Phi) is 6.96. The number of ether oxygens (including phenoxy) is 2. The van der Waals surface area contributed by atoms with E-state index >= 15 is 0 Å². The van der Waals surface area contributed by atoms with Crippen LogP contribution in [0.15, 0.2) is 41.4 Å². The van der Waals surface area contributed by atoms with Gasteiger partial charge in [-0.3, -0.25) is 4.31 Å². The number of aromatic nitrogens is 1. The highest BCUT2D eigenvalue weighted by Gasteiger charge is 2.41. The largest absolute Gasteiger partial charge is 0.474 e. The van der Waals surface area contributed by atoms with Crippen LogP contribution in [0.3, 0.4) is 0 Å². The maximum Gasteiger partial charge on any atom is 0.269 e. The molecule has 1 aromatic carbocycles. The molecule has 206 valence electrons. The molecule has 2 N–H and O–H groups in total. The molecule has 1 fully saturated rings.